The molecule has 1 saturated heterocycles. The minimum Gasteiger partial charge on any atom is -0.345 e. The SMILES string of the molecule is CCc1nc(N2CCCC2C2CCCC2)sc1C=O. The minimum atomic E-state index is 0.679. The molecular formula is C15H22N2OS. The normalized spacial score (nSPS) is 24.3. The Balaban J connectivity index is 1.83. The van der Waals surface area contributed by atoms with E-state index >= 15 is 0 Å². The molecule has 0 amide bonds. The first kappa shape index (κ1) is 13.1. The number of aldehydes is 1. The lowest BCUT2D eigenvalue weighted by molar-refractivity contribution is 0.112. The fourth-order valence-electron chi connectivity index (χ4n) is 3.68. The first-order valence-electron chi connectivity index (χ1n) is 7.55. The molecule has 1 saturated carbocycles. The molecule has 2 heterocycles. The van der Waals surface area contributed by atoms with E-state index in [0.29, 0.717) is 6.04 Å². The van der Waals surface area contributed by atoms with E-state index in [9.17, 15) is 4.79 Å². The number of nitrogens with zero attached hydrogens (tertiary/aromatic N) is 2. The molecule has 104 valence electrons. The van der Waals surface area contributed by atoms with Crippen LogP contribution in [0.15, 0.2) is 0 Å². The molecule has 0 radical (unpaired) electrons. The van der Waals surface area contributed by atoms with Crippen molar-refractivity contribution in [1.29, 1.82) is 0 Å². The molecule has 4 heteroatoms. The van der Waals surface area contributed by atoms with Gasteiger partial charge in [-0.1, -0.05) is 31.1 Å². The molecule has 1 aliphatic carbocycles. The zero-order valence-corrected chi connectivity index (χ0v) is 12.4. The van der Waals surface area contributed by atoms with Gasteiger partial charge in [0.1, 0.15) is 0 Å². The average Bonchev–Trinajstić information content (AvgIpc) is 3.16. The van der Waals surface area contributed by atoms with Crippen LogP contribution in [0.1, 0.15) is 60.8 Å². The third-order valence-corrected chi connectivity index (χ3v) is 5.71. The third kappa shape index (κ3) is 2.42. The van der Waals surface area contributed by atoms with Crippen LogP contribution in [0.5, 0.6) is 0 Å². The molecule has 1 unspecified atom stereocenters. The van der Waals surface area contributed by atoms with Crippen LogP contribution in [0, 0.1) is 5.92 Å². The molecule has 1 aromatic rings. The van der Waals surface area contributed by atoms with Crippen molar-refractivity contribution in [2.75, 3.05) is 11.4 Å². The van der Waals surface area contributed by atoms with E-state index in [2.05, 4.69) is 11.8 Å². The van der Waals surface area contributed by atoms with Gasteiger partial charge in [0.15, 0.2) is 11.4 Å². The Morgan fingerprint density at radius 2 is 2.11 bits per heavy atom. The Hall–Kier alpha value is -0.900. The summed E-state index contributed by atoms with van der Waals surface area (Å²) in [5.41, 5.74) is 0.979. The molecule has 3 rings (SSSR count). The van der Waals surface area contributed by atoms with Gasteiger partial charge in [0, 0.05) is 12.6 Å². The van der Waals surface area contributed by atoms with Crippen LogP contribution in [-0.2, 0) is 6.42 Å². The van der Waals surface area contributed by atoms with Gasteiger partial charge >= 0.3 is 0 Å². The zero-order valence-electron chi connectivity index (χ0n) is 11.6. The highest BCUT2D eigenvalue weighted by molar-refractivity contribution is 7.17. The maximum Gasteiger partial charge on any atom is 0.186 e. The van der Waals surface area contributed by atoms with Gasteiger partial charge in [-0.25, -0.2) is 4.98 Å². The largest absolute Gasteiger partial charge is 0.345 e. The van der Waals surface area contributed by atoms with Gasteiger partial charge < -0.3 is 4.90 Å². The molecule has 2 aliphatic rings. The predicted octanol–water partition coefficient (Wildman–Crippen LogP) is 3.68. The van der Waals surface area contributed by atoms with Crippen LogP contribution >= 0.6 is 11.3 Å². The highest BCUT2D eigenvalue weighted by Gasteiger charge is 2.34. The molecule has 0 spiro atoms. The Morgan fingerprint density at radius 3 is 2.74 bits per heavy atom. The lowest BCUT2D eigenvalue weighted by Gasteiger charge is -2.29. The van der Waals surface area contributed by atoms with Gasteiger partial charge in [0.05, 0.1) is 10.6 Å². The van der Waals surface area contributed by atoms with Crippen LogP contribution < -0.4 is 4.90 Å². The Labute approximate surface area is 119 Å². The number of carbonyl (C=O) groups is 1. The summed E-state index contributed by atoms with van der Waals surface area (Å²) in [6.45, 7) is 3.19. The highest BCUT2D eigenvalue weighted by Crippen LogP contribution is 2.39. The van der Waals surface area contributed by atoms with Gasteiger partial charge in [-0.15, -0.1) is 0 Å². The van der Waals surface area contributed by atoms with E-state index in [4.69, 9.17) is 4.98 Å². The monoisotopic (exact) mass is 278 g/mol. The van der Waals surface area contributed by atoms with Gasteiger partial charge in [0.2, 0.25) is 0 Å². The number of rotatable bonds is 4. The van der Waals surface area contributed by atoms with E-state index < -0.39 is 0 Å². The van der Waals surface area contributed by atoms with Gasteiger partial charge in [-0.3, -0.25) is 4.79 Å². The number of aryl methyl sites for hydroxylation is 1. The van der Waals surface area contributed by atoms with Gasteiger partial charge in [0.25, 0.3) is 0 Å². The number of aromatic nitrogens is 1. The second-order valence-electron chi connectivity index (χ2n) is 5.73. The smallest absolute Gasteiger partial charge is 0.186 e. The van der Waals surface area contributed by atoms with E-state index in [1.165, 1.54) is 38.5 Å². The summed E-state index contributed by atoms with van der Waals surface area (Å²) in [5.74, 6) is 0.858. The number of hydrogen-bond donors (Lipinski definition) is 0. The Morgan fingerprint density at radius 1 is 1.32 bits per heavy atom. The summed E-state index contributed by atoms with van der Waals surface area (Å²) in [7, 11) is 0. The van der Waals surface area contributed by atoms with Crippen LogP contribution in [0.25, 0.3) is 0 Å². The third-order valence-electron chi connectivity index (χ3n) is 4.65. The van der Waals surface area contributed by atoms with Crippen molar-refractivity contribution >= 4 is 22.8 Å². The molecular weight excluding hydrogens is 256 g/mol. The lowest BCUT2D eigenvalue weighted by Crippen LogP contribution is -2.34. The van der Waals surface area contributed by atoms with Gasteiger partial charge in [-0.05, 0) is 38.0 Å². The van der Waals surface area contributed by atoms with E-state index in [1.54, 1.807) is 11.3 Å². The van der Waals surface area contributed by atoms with Crippen LogP contribution in [0.4, 0.5) is 5.13 Å². The molecule has 1 aromatic heterocycles. The standard InChI is InChI=1S/C15H22N2OS/c1-2-12-14(10-18)19-15(16-12)17-9-5-8-13(17)11-6-3-4-7-11/h10-11,13H,2-9H2,1H3. The number of hydrogen-bond acceptors (Lipinski definition) is 4. The average molecular weight is 278 g/mol. The second kappa shape index (κ2) is 5.61. The first-order valence-corrected chi connectivity index (χ1v) is 8.36. The fraction of sp³-hybridized carbons (Fsp3) is 0.733. The molecule has 2 fully saturated rings. The van der Waals surface area contributed by atoms with Gasteiger partial charge in [-0.2, -0.15) is 0 Å². The van der Waals surface area contributed by atoms with Crippen LogP contribution in [-0.4, -0.2) is 23.9 Å². The summed E-state index contributed by atoms with van der Waals surface area (Å²) in [6, 6.07) is 0.679. The number of anilines is 1. The summed E-state index contributed by atoms with van der Waals surface area (Å²) < 4.78 is 0. The maximum atomic E-state index is 11.1. The first-order chi connectivity index (χ1) is 9.33. The van der Waals surface area contributed by atoms with Crippen molar-refractivity contribution in [3.63, 3.8) is 0 Å². The molecule has 1 atom stereocenters. The highest BCUT2D eigenvalue weighted by atomic mass is 32.1. The topological polar surface area (TPSA) is 33.2 Å². The number of thiazole rings is 1. The van der Waals surface area contributed by atoms with Crippen LogP contribution in [0.2, 0.25) is 0 Å². The lowest BCUT2D eigenvalue weighted by atomic mass is 9.96. The summed E-state index contributed by atoms with van der Waals surface area (Å²) in [4.78, 5) is 19.1. The summed E-state index contributed by atoms with van der Waals surface area (Å²) >= 11 is 1.59. The second-order valence-corrected chi connectivity index (χ2v) is 6.74. The predicted molar refractivity (Wildman–Crippen MR) is 79.2 cm³/mol. The zero-order chi connectivity index (χ0) is 13.2. The molecule has 19 heavy (non-hydrogen) atoms. The quantitative estimate of drug-likeness (QED) is 0.788. The maximum absolute atomic E-state index is 11.1. The minimum absolute atomic E-state index is 0.679. The van der Waals surface area contributed by atoms with Crippen molar-refractivity contribution in [2.24, 2.45) is 5.92 Å². The summed E-state index contributed by atoms with van der Waals surface area (Å²) in [5, 5.41) is 1.09. The summed E-state index contributed by atoms with van der Waals surface area (Å²) in [6.07, 6.45) is 9.97. The molecule has 0 bridgehead atoms. The number of carbonyl (C=O) groups excluding carboxylic acids is 1. The van der Waals surface area contributed by atoms with Crippen molar-refractivity contribution in [2.45, 2.75) is 57.9 Å². The van der Waals surface area contributed by atoms with E-state index in [0.717, 1.165) is 40.9 Å². The van der Waals surface area contributed by atoms with Crippen LogP contribution in [0.3, 0.4) is 0 Å². The van der Waals surface area contributed by atoms with Crippen molar-refractivity contribution in [3.05, 3.63) is 10.6 Å². The van der Waals surface area contributed by atoms with E-state index in [1.807, 2.05) is 0 Å². The van der Waals surface area contributed by atoms with Crippen molar-refractivity contribution < 1.29 is 4.79 Å². The Bertz CT molecular complexity index is 451. The molecule has 0 N–H and O–H groups in total. The molecule has 1 aliphatic heterocycles. The fourth-order valence-corrected chi connectivity index (χ4v) is 4.73. The van der Waals surface area contributed by atoms with Crippen molar-refractivity contribution in [3.8, 4) is 0 Å². The molecule has 0 aromatic carbocycles. The molecule has 3 nitrogen and oxygen atoms in total. The van der Waals surface area contributed by atoms with E-state index in [-0.39, 0.29) is 0 Å². The van der Waals surface area contributed by atoms with Crippen molar-refractivity contribution in [1.82, 2.24) is 4.98 Å². The Kier molecular flexibility index (Phi) is 3.87.